The maximum Gasteiger partial charge on any atom is 0.0522 e. The standard InChI is InChI=1S/C6H14O.W/c1-5(2)7-6(3)4;/h5-6H,1-4H3;. The van der Waals surface area contributed by atoms with Crippen molar-refractivity contribution in [3.05, 3.63) is 0 Å². The number of ether oxygens (including phenoxy) is 1. The molecule has 0 bridgehead atoms. The van der Waals surface area contributed by atoms with Gasteiger partial charge >= 0.3 is 0 Å². The first-order valence-corrected chi connectivity index (χ1v) is 2.78. The second-order valence-electron chi connectivity index (χ2n) is 2.23. The van der Waals surface area contributed by atoms with E-state index in [4.69, 9.17) is 4.74 Å². The normalized spacial score (nSPS) is 9.75. The van der Waals surface area contributed by atoms with Gasteiger partial charge in [0.1, 0.15) is 0 Å². The molecule has 1 nitrogen and oxygen atoms in total. The van der Waals surface area contributed by atoms with Gasteiger partial charge in [0.25, 0.3) is 0 Å². The van der Waals surface area contributed by atoms with Crippen LogP contribution in [0.1, 0.15) is 27.7 Å². The van der Waals surface area contributed by atoms with Crippen LogP contribution in [-0.4, -0.2) is 12.2 Å². The molecule has 0 aliphatic carbocycles. The summed E-state index contributed by atoms with van der Waals surface area (Å²) in [6, 6.07) is 0. The molecule has 8 heavy (non-hydrogen) atoms. The summed E-state index contributed by atoms with van der Waals surface area (Å²) in [5, 5.41) is 0. The van der Waals surface area contributed by atoms with Crippen molar-refractivity contribution in [2.75, 3.05) is 0 Å². The van der Waals surface area contributed by atoms with Crippen molar-refractivity contribution in [3.8, 4) is 0 Å². The Morgan fingerprint density at radius 1 is 0.875 bits per heavy atom. The zero-order valence-electron chi connectivity index (χ0n) is 5.97. The molecule has 0 saturated heterocycles. The molecule has 0 rings (SSSR count). The summed E-state index contributed by atoms with van der Waals surface area (Å²) < 4.78 is 5.25. The first-order valence-electron chi connectivity index (χ1n) is 2.78. The van der Waals surface area contributed by atoms with Crippen molar-refractivity contribution in [2.24, 2.45) is 0 Å². The predicted octanol–water partition coefficient (Wildman–Crippen LogP) is 1.82. The van der Waals surface area contributed by atoms with Gasteiger partial charge in [0.05, 0.1) is 12.2 Å². The molecule has 0 fully saturated rings. The van der Waals surface area contributed by atoms with Gasteiger partial charge in [-0.15, -0.1) is 0 Å². The third-order valence-corrected chi connectivity index (χ3v) is 0.544. The van der Waals surface area contributed by atoms with Gasteiger partial charge in [-0.1, -0.05) is 0 Å². The zero-order valence-corrected chi connectivity index (χ0v) is 8.90. The fraction of sp³-hybridized carbons (Fsp3) is 1.00. The molecular formula is C6H14OW. The molecule has 0 atom stereocenters. The number of hydrogen-bond donors (Lipinski definition) is 0. The summed E-state index contributed by atoms with van der Waals surface area (Å²) in [5.74, 6) is 0. The van der Waals surface area contributed by atoms with E-state index in [1.165, 1.54) is 0 Å². The van der Waals surface area contributed by atoms with Crippen molar-refractivity contribution >= 4 is 0 Å². The third kappa shape index (κ3) is 9.82. The number of hydrogen-bond acceptors (Lipinski definition) is 1. The summed E-state index contributed by atoms with van der Waals surface area (Å²) in [6.45, 7) is 8.17. The van der Waals surface area contributed by atoms with Gasteiger partial charge in [-0.2, -0.15) is 0 Å². The zero-order chi connectivity index (χ0) is 5.86. The monoisotopic (exact) mass is 286 g/mol. The molecule has 0 radical (unpaired) electrons. The van der Waals surface area contributed by atoms with Crippen molar-refractivity contribution in [2.45, 2.75) is 39.9 Å². The summed E-state index contributed by atoms with van der Waals surface area (Å²) in [7, 11) is 0. The van der Waals surface area contributed by atoms with Gasteiger partial charge in [0.15, 0.2) is 0 Å². The van der Waals surface area contributed by atoms with Crippen LogP contribution in [0.15, 0.2) is 0 Å². The molecule has 2 heteroatoms. The Morgan fingerprint density at radius 2 is 1.12 bits per heavy atom. The molecule has 0 heterocycles. The van der Waals surface area contributed by atoms with E-state index in [0.29, 0.717) is 12.2 Å². The van der Waals surface area contributed by atoms with Crippen LogP contribution in [0.3, 0.4) is 0 Å². The van der Waals surface area contributed by atoms with Crippen LogP contribution in [0.2, 0.25) is 0 Å². The fourth-order valence-electron chi connectivity index (χ4n) is 0.544. The largest absolute Gasteiger partial charge is 0.376 e. The van der Waals surface area contributed by atoms with Gasteiger partial charge in [0.2, 0.25) is 0 Å². The molecular weight excluding hydrogens is 272 g/mol. The Kier molecular flexibility index (Phi) is 8.27. The van der Waals surface area contributed by atoms with E-state index >= 15 is 0 Å². The summed E-state index contributed by atoms with van der Waals surface area (Å²) in [4.78, 5) is 0. The maximum atomic E-state index is 5.25. The molecule has 0 aliphatic heterocycles. The van der Waals surface area contributed by atoms with Gasteiger partial charge in [0, 0.05) is 21.1 Å². The SMILES string of the molecule is CC(C)OC(C)C.[W]. The van der Waals surface area contributed by atoms with E-state index < -0.39 is 0 Å². The first-order chi connectivity index (χ1) is 3.13. The molecule has 0 spiro atoms. The van der Waals surface area contributed by atoms with Gasteiger partial charge < -0.3 is 4.74 Å². The van der Waals surface area contributed by atoms with Crippen LogP contribution in [0.25, 0.3) is 0 Å². The van der Waals surface area contributed by atoms with E-state index in [2.05, 4.69) is 0 Å². The summed E-state index contributed by atoms with van der Waals surface area (Å²) in [5.41, 5.74) is 0. The van der Waals surface area contributed by atoms with E-state index in [-0.39, 0.29) is 21.1 Å². The molecule has 0 aromatic heterocycles. The maximum absolute atomic E-state index is 5.25. The average molecular weight is 286 g/mol. The Hall–Kier alpha value is 0.648. The molecule has 0 N–H and O–H groups in total. The van der Waals surface area contributed by atoms with Crippen molar-refractivity contribution < 1.29 is 25.8 Å². The summed E-state index contributed by atoms with van der Waals surface area (Å²) in [6.07, 6.45) is 0.750. The quantitative estimate of drug-likeness (QED) is 0.752. The summed E-state index contributed by atoms with van der Waals surface area (Å²) >= 11 is 0. The third-order valence-electron chi connectivity index (χ3n) is 0.544. The van der Waals surface area contributed by atoms with Crippen LogP contribution in [0, 0.1) is 0 Å². The minimum atomic E-state index is 0. The van der Waals surface area contributed by atoms with Crippen LogP contribution >= 0.6 is 0 Å². The van der Waals surface area contributed by atoms with E-state index in [0.717, 1.165) is 0 Å². The van der Waals surface area contributed by atoms with Gasteiger partial charge in [-0.05, 0) is 27.7 Å². The van der Waals surface area contributed by atoms with Crippen molar-refractivity contribution in [1.29, 1.82) is 0 Å². The van der Waals surface area contributed by atoms with E-state index in [9.17, 15) is 0 Å². The average Bonchev–Trinajstić information content (AvgIpc) is 1.27. The van der Waals surface area contributed by atoms with Gasteiger partial charge in [-0.3, -0.25) is 0 Å². The minimum Gasteiger partial charge on any atom is -0.376 e. The smallest absolute Gasteiger partial charge is 0.0522 e. The molecule has 0 unspecified atom stereocenters. The van der Waals surface area contributed by atoms with Crippen molar-refractivity contribution in [1.82, 2.24) is 0 Å². The molecule has 0 aromatic carbocycles. The van der Waals surface area contributed by atoms with Crippen LogP contribution in [0.4, 0.5) is 0 Å². The Morgan fingerprint density at radius 3 is 1.12 bits per heavy atom. The molecule has 0 aliphatic rings. The Bertz CT molecular complexity index is 37.8. The molecule has 50 valence electrons. The minimum absolute atomic E-state index is 0. The van der Waals surface area contributed by atoms with Crippen LogP contribution in [0.5, 0.6) is 0 Å². The molecule has 0 aromatic rings. The van der Waals surface area contributed by atoms with Crippen LogP contribution < -0.4 is 0 Å². The van der Waals surface area contributed by atoms with Crippen LogP contribution in [-0.2, 0) is 25.8 Å². The van der Waals surface area contributed by atoms with Crippen molar-refractivity contribution in [3.63, 3.8) is 0 Å². The van der Waals surface area contributed by atoms with E-state index in [1.54, 1.807) is 0 Å². The molecule has 0 amide bonds. The predicted molar refractivity (Wildman–Crippen MR) is 31.4 cm³/mol. The van der Waals surface area contributed by atoms with Gasteiger partial charge in [-0.25, -0.2) is 0 Å². The first kappa shape index (κ1) is 11.4. The fourth-order valence-corrected chi connectivity index (χ4v) is 0.544. The number of rotatable bonds is 2. The Balaban J connectivity index is 0. The molecule has 0 saturated carbocycles. The topological polar surface area (TPSA) is 9.23 Å². The second kappa shape index (κ2) is 5.78. The second-order valence-corrected chi connectivity index (χ2v) is 2.23. The Labute approximate surface area is 66.1 Å². The van der Waals surface area contributed by atoms with E-state index in [1.807, 2.05) is 27.7 Å².